The largest absolute Gasteiger partial charge is 0.239 e. The van der Waals surface area contributed by atoms with Crippen LogP contribution >= 0.6 is 28.7 Å². The molecule has 0 aliphatic heterocycles. The standard InChI is InChI=1S/C10H10BrFN2S/c11-8-4-1-3-7(13-8)9(14-15)10(12)5-2-6-10/h1,3-4,15H,2,5-6H2/b14-9-. The summed E-state index contributed by atoms with van der Waals surface area (Å²) in [6.45, 7) is 0. The van der Waals surface area contributed by atoms with E-state index in [1.54, 1.807) is 12.1 Å². The van der Waals surface area contributed by atoms with Crippen LogP contribution in [-0.4, -0.2) is 16.4 Å². The molecule has 1 aliphatic carbocycles. The minimum absolute atomic E-state index is 0.346. The first-order valence-electron chi connectivity index (χ1n) is 4.70. The van der Waals surface area contributed by atoms with Gasteiger partial charge < -0.3 is 0 Å². The van der Waals surface area contributed by atoms with Crippen LogP contribution < -0.4 is 0 Å². The molecule has 1 fully saturated rings. The number of hydrogen-bond donors (Lipinski definition) is 1. The number of thiol groups is 1. The van der Waals surface area contributed by atoms with Gasteiger partial charge in [-0.15, -0.1) is 0 Å². The highest BCUT2D eigenvalue weighted by Crippen LogP contribution is 2.39. The minimum Gasteiger partial charge on any atom is -0.239 e. The van der Waals surface area contributed by atoms with Crippen molar-refractivity contribution in [3.63, 3.8) is 0 Å². The molecule has 1 aliphatic rings. The van der Waals surface area contributed by atoms with Crippen molar-refractivity contribution in [3.05, 3.63) is 28.5 Å². The molecule has 0 atom stereocenters. The lowest BCUT2D eigenvalue weighted by molar-refractivity contribution is 0.143. The third kappa shape index (κ3) is 2.08. The molecule has 80 valence electrons. The predicted molar refractivity (Wildman–Crippen MR) is 65.2 cm³/mol. The molecule has 1 aromatic rings. The molecule has 1 saturated carbocycles. The van der Waals surface area contributed by atoms with E-state index in [1.807, 2.05) is 6.07 Å². The first-order chi connectivity index (χ1) is 7.15. The first kappa shape index (κ1) is 11.1. The Labute approximate surface area is 102 Å². The number of nitrogens with zero attached hydrogens (tertiary/aromatic N) is 2. The molecule has 1 aromatic heterocycles. The molecular weight excluding hydrogens is 279 g/mol. The first-order valence-corrected chi connectivity index (χ1v) is 5.89. The van der Waals surface area contributed by atoms with Crippen LogP contribution in [0.2, 0.25) is 0 Å². The van der Waals surface area contributed by atoms with Gasteiger partial charge in [0.2, 0.25) is 0 Å². The summed E-state index contributed by atoms with van der Waals surface area (Å²) in [4.78, 5) is 4.19. The van der Waals surface area contributed by atoms with E-state index in [4.69, 9.17) is 0 Å². The van der Waals surface area contributed by atoms with Crippen LogP contribution in [0.5, 0.6) is 0 Å². The zero-order chi connectivity index (χ0) is 10.9. The van der Waals surface area contributed by atoms with E-state index in [0.29, 0.717) is 28.9 Å². The van der Waals surface area contributed by atoms with Crippen LogP contribution in [0, 0.1) is 0 Å². The van der Waals surface area contributed by atoms with E-state index >= 15 is 0 Å². The molecule has 0 amide bonds. The van der Waals surface area contributed by atoms with Crippen LogP contribution in [0.25, 0.3) is 0 Å². The van der Waals surface area contributed by atoms with Gasteiger partial charge in [-0.05, 0) is 60.1 Å². The van der Waals surface area contributed by atoms with Gasteiger partial charge in [-0.3, -0.25) is 0 Å². The van der Waals surface area contributed by atoms with E-state index in [-0.39, 0.29) is 0 Å². The van der Waals surface area contributed by atoms with E-state index in [2.05, 4.69) is 38.1 Å². The number of rotatable bonds is 2. The zero-order valence-corrected chi connectivity index (χ0v) is 10.4. The quantitative estimate of drug-likeness (QED) is 0.504. The maximum atomic E-state index is 14.2. The molecule has 15 heavy (non-hydrogen) atoms. The van der Waals surface area contributed by atoms with E-state index in [1.165, 1.54) is 0 Å². The van der Waals surface area contributed by atoms with Gasteiger partial charge in [0.1, 0.15) is 10.3 Å². The number of aromatic nitrogens is 1. The second kappa shape index (κ2) is 4.22. The van der Waals surface area contributed by atoms with E-state index < -0.39 is 5.67 Å². The van der Waals surface area contributed by atoms with Gasteiger partial charge in [-0.1, -0.05) is 6.07 Å². The second-order valence-corrected chi connectivity index (χ2v) is 4.63. The van der Waals surface area contributed by atoms with Crippen LogP contribution in [0.3, 0.4) is 0 Å². The fourth-order valence-corrected chi connectivity index (χ4v) is 2.26. The third-order valence-corrected chi connectivity index (χ3v) is 3.27. The zero-order valence-electron chi connectivity index (χ0n) is 7.95. The molecule has 0 saturated heterocycles. The van der Waals surface area contributed by atoms with E-state index in [9.17, 15) is 4.39 Å². The van der Waals surface area contributed by atoms with Crippen molar-refractivity contribution < 1.29 is 4.39 Å². The number of pyridine rings is 1. The molecule has 0 unspecified atom stereocenters. The fraction of sp³-hybridized carbons (Fsp3) is 0.400. The van der Waals surface area contributed by atoms with Gasteiger partial charge in [-0.2, -0.15) is 0 Å². The maximum absolute atomic E-state index is 14.2. The topological polar surface area (TPSA) is 25.2 Å². The van der Waals surface area contributed by atoms with Crippen molar-refractivity contribution in [2.45, 2.75) is 24.9 Å². The lowest BCUT2D eigenvalue weighted by Gasteiger charge is -2.34. The Morgan fingerprint density at radius 2 is 2.27 bits per heavy atom. The van der Waals surface area contributed by atoms with Gasteiger partial charge >= 0.3 is 0 Å². The Morgan fingerprint density at radius 1 is 1.53 bits per heavy atom. The van der Waals surface area contributed by atoms with Gasteiger partial charge in [0.05, 0.1) is 5.69 Å². The highest BCUT2D eigenvalue weighted by molar-refractivity contribution is 9.10. The van der Waals surface area contributed by atoms with Crippen LogP contribution in [-0.2, 0) is 0 Å². The summed E-state index contributed by atoms with van der Waals surface area (Å²) in [5.74, 6) is 0. The Balaban J connectivity index is 2.36. The average Bonchev–Trinajstić information content (AvgIpc) is 2.16. The lowest BCUT2D eigenvalue weighted by atomic mass is 9.77. The summed E-state index contributed by atoms with van der Waals surface area (Å²) in [5.41, 5.74) is -0.421. The monoisotopic (exact) mass is 288 g/mol. The Morgan fingerprint density at radius 3 is 2.73 bits per heavy atom. The maximum Gasteiger partial charge on any atom is 0.155 e. The molecular formula is C10H10BrFN2S. The Bertz CT molecular complexity index is 404. The molecule has 0 spiro atoms. The lowest BCUT2D eigenvalue weighted by Crippen LogP contribution is -2.41. The molecule has 2 nitrogen and oxygen atoms in total. The molecule has 0 radical (unpaired) electrons. The van der Waals surface area contributed by atoms with E-state index in [0.717, 1.165) is 6.42 Å². The van der Waals surface area contributed by atoms with Crippen LogP contribution in [0.1, 0.15) is 25.0 Å². The van der Waals surface area contributed by atoms with Crippen molar-refractivity contribution in [2.24, 2.45) is 4.40 Å². The van der Waals surface area contributed by atoms with Crippen LogP contribution in [0.15, 0.2) is 27.2 Å². The Hall–Kier alpha value is -0.420. The van der Waals surface area contributed by atoms with Gasteiger partial charge in [0, 0.05) is 0 Å². The molecule has 2 rings (SSSR count). The van der Waals surface area contributed by atoms with Crippen molar-refractivity contribution in [2.75, 3.05) is 0 Å². The van der Waals surface area contributed by atoms with Gasteiger partial charge in [0.25, 0.3) is 0 Å². The summed E-state index contributed by atoms with van der Waals surface area (Å²) in [6.07, 6.45) is 1.93. The van der Waals surface area contributed by atoms with Crippen molar-refractivity contribution in [1.82, 2.24) is 4.98 Å². The molecule has 5 heteroatoms. The summed E-state index contributed by atoms with van der Waals surface area (Å²) in [5, 5.41) is 0. The number of halogens is 2. The minimum atomic E-state index is -1.32. The van der Waals surface area contributed by atoms with Crippen molar-refractivity contribution in [1.29, 1.82) is 0 Å². The SMILES string of the molecule is FC1(/C(=N\S)c2cccc(Br)n2)CCC1. The number of alkyl halides is 1. The van der Waals surface area contributed by atoms with Gasteiger partial charge in [-0.25, -0.2) is 13.8 Å². The fourth-order valence-electron chi connectivity index (χ4n) is 1.63. The molecule has 1 heterocycles. The highest BCUT2D eigenvalue weighted by atomic mass is 79.9. The number of hydrogen-bond acceptors (Lipinski definition) is 3. The molecule has 0 bridgehead atoms. The highest BCUT2D eigenvalue weighted by Gasteiger charge is 2.43. The Kier molecular flexibility index (Phi) is 3.11. The molecule has 0 aromatic carbocycles. The second-order valence-electron chi connectivity index (χ2n) is 3.61. The van der Waals surface area contributed by atoms with Crippen molar-refractivity contribution >= 4 is 34.5 Å². The third-order valence-electron chi connectivity index (χ3n) is 2.63. The summed E-state index contributed by atoms with van der Waals surface area (Å²) in [7, 11) is 0. The predicted octanol–water partition coefficient (Wildman–Crippen LogP) is 3.37. The normalized spacial score (nSPS) is 19.8. The molecule has 0 N–H and O–H groups in total. The van der Waals surface area contributed by atoms with Crippen LogP contribution in [0.4, 0.5) is 4.39 Å². The smallest absolute Gasteiger partial charge is 0.155 e. The summed E-state index contributed by atoms with van der Waals surface area (Å²) < 4.78 is 18.6. The summed E-state index contributed by atoms with van der Waals surface area (Å²) >= 11 is 7.09. The summed E-state index contributed by atoms with van der Waals surface area (Å²) in [6, 6.07) is 5.36. The van der Waals surface area contributed by atoms with Gasteiger partial charge in [0.15, 0.2) is 5.67 Å². The average molecular weight is 289 g/mol. The van der Waals surface area contributed by atoms with Crippen molar-refractivity contribution in [3.8, 4) is 0 Å².